The number of carbonyl (C=O) groups is 2. The Morgan fingerprint density at radius 2 is 2.04 bits per heavy atom. The van der Waals surface area contributed by atoms with E-state index < -0.39 is 41.9 Å². The van der Waals surface area contributed by atoms with Crippen LogP contribution < -0.4 is 4.74 Å². The third-order valence-electron chi connectivity index (χ3n) is 4.17. The molecule has 0 fully saturated rings. The van der Waals surface area contributed by atoms with Crippen molar-refractivity contribution in [2.24, 2.45) is 0 Å². The average molecular weight is 369 g/mol. The molecule has 1 aliphatic heterocycles. The predicted octanol–water partition coefficient (Wildman–Crippen LogP) is 2.11. The van der Waals surface area contributed by atoms with Gasteiger partial charge in [0, 0.05) is 18.0 Å². The molecule has 2 N–H and O–H groups in total. The molecule has 0 saturated heterocycles. The molecule has 7 nitrogen and oxygen atoms in total. The number of hydrogen-bond donors (Lipinski definition) is 2. The molecule has 1 aromatic heterocycles. The monoisotopic (exact) mass is 369 g/mol. The van der Waals surface area contributed by atoms with Gasteiger partial charge in [-0.1, -0.05) is 12.1 Å². The second-order valence-electron chi connectivity index (χ2n) is 5.76. The van der Waals surface area contributed by atoms with Crippen LogP contribution in [0.3, 0.4) is 0 Å². The number of H-pyrrole nitrogens is 1. The predicted molar refractivity (Wildman–Crippen MR) is 82.0 cm³/mol. The van der Waals surface area contributed by atoms with Gasteiger partial charge in [0.2, 0.25) is 0 Å². The molecular formula is C16H14F3N3O4. The molecule has 0 aliphatic carbocycles. The van der Waals surface area contributed by atoms with Gasteiger partial charge in [0.1, 0.15) is 18.0 Å². The average Bonchev–Trinajstić information content (AvgIpc) is 3.03. The van der Waals surface area contributed by atoms with Gasteiger partial charge in [0.25, 0.3) is 5.91 Å². The fourth-order valence-electron chi connectivity index (χ4n) is 3.02. The van der Waals surface area contributed by atoms with Crippen LogP contribution in [-0.4, -0.2) is 52.3 Å². The highest BCUT2D eigenvalue weighted by molar-refractivity contribution is 5.97. The van der Waals surface area contributed by atoms with Crippen LogP contribution >= 0.6 is 0 Å². The van der Waals surface area contributed by atoms with Crippen molar-refractivity contribution >= 4 is 11.9 Å². The molecule has 0 bridgehead atoms. The van der Waals surface area contributed by atoms with Crippen LogP contribution in [0.4, 0.5) is 13.2 Å². The molecule has 26 heavy (non-hydrogen) atoms. The summed E-state index contributed by atoms with van der Waals surface area (Å²) in [5, 5.41) is 14.4. The molecule has 2 aromatic rings. The molecule has 10 heteroatoms. The molecule has 1 amide bonds. The summed E-state index contributed by atoms with van der Waals surface area (Å²) >= 11 is 0. The van der Waals surface area contributed by atoms with Gasteiger partial charge in [-0.3, -0.25) is 14.7 Å². The molecule has 1 aromatic carbocycles. The number of aromatic nitrogens is 2. The SMILES string of the molecule is COc1ccc(C2CN(CC(=O)O)C(=O)c3n[nH]c(C(F)(F)F)c32)cc1. The molecule has 1 aliphatic rings. The fourth-order valence-corrected chi connectivity index (χ4v) is 3.02. The maximum atomic E-state index is 13.3. The standard InChI is InChI=1S/C16H14F3N3O4/c1-26-9-4-2-8(3-5-9)10-6-22(7-11(23)24)15(25)13-12(10)14(21-20-13)16(17,18)19/h2-5,10H,6-7H2,1H3,(H,20,21)(H,23,24). The zero-order valence-corrected chi connectivity index (χ0v) is 13.5. The van der Waals surface area contributed by atoms with Crippen LogP contribution in [0.15, 0.2) is 24.3 Å². The number of carboxylic acids is 1. The molecule has 1 atom stereocenters. The molecule has 138 valence electrons. The summed E-state index contributed by atoms with van der Waals surface area (Å²) in [6.07, 6.45) is -4.72. The van der Waals surface area contributed by atoms with E-state index >= 15 is 0 Å². The maximum absolute atomic E-state index is 13.3. The second kappa shape index (κ2) is 6.36. The molecule has 0 saturated carbocycles. The number of aromatic amines is 1. The first-order valence-electron chi connectivity index (χ1n) is 7.52. The number of carboxylic acid groups (broad SMARTS) is 1. The Morgan fingerprint density at radius 3 is 2.58 bits per heavy atom. The quantitative estimate of drug-likeness (QED) is 0.861. The number of ether oxygens (including phenoxy) is 1. The smallest absolute Gasteiger partial charge is 0.433 e. The highest BCUT2D eigenvalue weighted by atomic mass is 19.4. The number of amides is 1. The minimum atomic E-state index is -4.72. The lowest BCUT2D eigenvalue weighted by atomic mass is 9.85. The van der Waals surface area contributed by atoms with Gasteiger partial charge < -0.3 is 14.7 Å². The first-order valence-corrected chi connectivity index (χ1v) is 7.52. The van der Waals surface area contributed by atoms with Gasteiger partial charge in [0.15, 0.2) is 5.69 Å². The summed E-state index contributed by atoms with van der Waals surface area (Å²) in [4.78, 5) is 24.3. The Hall–Kier alpha value is -3.04. The van der Waals surface area contributed by atoms with Crippen molar-refractivity contribution in [1.82, 2.24) is 15.1 Å². The van der Waals surface area contributed by atoms with E-state index in [2.05, 4.69) is 5.10 Å². The number of carbonyl (C=O) groups excluding carboxylic acids is 1. The van der Waals surface area contributed by atoms with Crippen LogP contribution in [0.2, 0.25) is 0 Å². The van der Waals surface area contributed by atoms with E-state index in [1.807, 2.05) is 5.10 Å². The number of nitrogens with zero attached hydrogens (tertiary/aromatic N) is 2. The number of aliphatic carboxylic acids is 1. The fraction of sp³-hybridized carbons (Fsp3) is 0.312. The zero-order valence-electron chi connectivity index (χ0n) is 13.5. The Bertz CT molecular complexity index is 845. The van der Waals surface area contributed by atoms with Gasteiger partial charge in [-0.05, 0) is 17.7 Å². The summed E-state index contributed by atoms with van der Waals surface area (Å²) in [5.41, 5.74) is -1.29. The zero-order chi connectivity index (χ0) is 19.1. The number of nitrogens with one attached hydrogen (secondary N) is 1. The number of methoxy groups -OCH3 is 1. The van der Waals surface area contributed by atoms with Crippen molar-refractivity contribution in [3.8, 4) is 5.75 Å². The van der Waals surface area contributed by atoms with Crippen molar-refractivity contribution in [3.05, 3.63) is 46.8 Å². The van der Waals surface area contributed by atoms with E-state index in [-0.39, 0.29) is 12.1 Å². The lowest BCUT2D eigenvalue weighted by Crippen LogP contribution is -2.43. The highest BCUT2D eigenvalue weighted by Gasteiger charge is 2.45. The Kier molecular flexibility index (Phi) is 4.34. The first-order chi connectivity index (χ1) is 12.2. The summed E-state index contributed by atoms with van der Waals surface area (Å²) in [6.45, 7) is -0.827. The van der Waals surface area contributed by atoms with Crippen molar-refractivity contribution in [3.63, 3.8) is 0 Å². The van der Waals surface area contributed by atoms with Crippen LogP contribution in [0, 0.1) is 0 Å². The van der Waals surface area contributed by atoms with Crippen molar-refractivity contribution in [2.75, 3.05) is 20.2 Å². The van der Waals surface area contributed by atoms with Gasteiger partial charge >= 0.3 is 12.1 Å². The number of rotatable bonds is 4. The summed E-state index contributed by atoms with van der Waals surface area (Å²) in [5.74, 6) is -2.46. The van der Waals surface area contributed by atoms with Crippen LogP contribution in [-0.2, 0) is 11.0 Å². The largest absolute Gasteiger partial charge is 0.497 e. The molecule has 1 unspecified atom stereocenters. The van der Waals surface area contributed by atoms with Crippen LogP contribution in [0.1, 0.15) is 33.2 Å². The lowest BCUT2D eigenvalue weighted by Gasteiger charge is -2.32. The maximum Gasteiger partial charge on any atom is 0.433 e. The van der Waals surface area contributed by atoms with Crippen molar-refractivity contribution in [1.29, 1.82) is 0 Å². The number of hydrogen-bond acceptors (Lipinski definition) is 4. The van der Waals surface area contributed by atoms with Gasteiger partial charge in [0.05, 0.1) is 7.11 Å². The van der Waals surface area contributed by atoms with Crippen molar-refractivity contribution in [2.45, 2.75) is 12.1 Å². The lowest BCUT2D eigenvalue weighted by molar-refractivity contribution is -0.142. The second-order valence-corrected chi connectivity index (χ2v) is 5.76. The van der Waals surface area contributed by atoms with E-state index in [0.717, 1.165) is 4.90 Å². The number of alkyl halides is 3. The van der Waals surface area contributed by atoms with E-state index in [0.29, 0.717) is 11.3 Å². The van der Waals surface area contributed by atoms with E-state index in [9.17, 15) is 22.8 Å². The van der Waals surface area contributed by atoms with Gasteiger partial charge in [-0.2, -0.15) is 18.3 Å². The molecule has 3 rings (SSSR count). The number of benzene rings is 1. The van der Waals surface area contributed by atoms with Gasteiger partial charge in [-0.25, -0.2) is 0 Å². The number of halogens is 3. The third kappa shape index (κ3) is 3.09. The summed E-state index contributed by atoms with van der Waals surface area (Å²) in [6, 6.07) is 6.32. The Morgan fingerprint density at radius 1 is 1.38 bits per heavy atom. The minimum absolute atomic E-state index is 0.201. The number of fused-ring (bicyclic) bond motifs is 1. The van der Waals surface area contributed by atoms with Crippen LogP contribution in [0.5, 0.6) is 5.75 Å². The summed E-state index contributed by atoms with van der Waals surface area (Å²) < 4.78 is 45.1. The van der Waals surface area contributed by atoms with Crippen molar-refractivity contribution < 1.29 is 32.6 Å². The van der Waals surface area contributed by atoms with E-state index in [4.69, 9.17) is 9.84 Å². The molecule has 0 spiro atoms. The van der Waals surface area contributed by atoms with Crippen LogP contribution in [0.25, 0.3) is 0 Å². The molecule has 0 radical (unpaired) electrons. The Labute approximate surface area is 145 Å². The minimum Gasteiger partial charge on any atom is -0.497 e. The third-order valence-corrected chi connectivity index (χ3v) is 4.17. The highest BCUT2D eigenvalue weighted by Crippen LogP contribution is 2.41. The Balaban J connectivity index is 2.12. The van der Waals surface area contributed by atoms with Gasteiger partial charge in [-0.15, -0.1) is 0 Å². The molecule has 2 heterocycles. The molecular weight excluding hydrogens is 355 g/mol. The van der Waals surface area contributed by atoms with E-state index in [1.54, 1.807) is 24.3 Å². The summed E-state index contributed by atoms with van der Waals surface area (Å²) in [7, 11) is 1.46. The van der Waals surface area contributed by atoms with E-state index in [1.165, 1.54) is 7.11 Å². The first kappa shape index (κ1) is 17.8. The normalized spacial score (nSPS) is 17.2. The topological polar surface area (TPSA) is 95.5 Å².